The molecule has 0 saturated carbocycles. The normalized spacial score (nSPS) is 20.0. The van der Waals surface area contributed by atoms with Crippen LogP contribution in [0.3, 0.4) is 0 Å². The fourth-order valence-corrected chi connectivity index (χ4v) is 2.39. The maximum absolute atomic E-state index is 12.0. The molecule has 1 aromatic rings. The first-order valence-electron chi connectivity index (χ1n) is 7.71. The Bertz CT molecular complexity index is 613. The van der Waals surface area contributed by atoms with Crippen molar-refractivity contribution >= 4 is 23.3 Å². The molecule has 0 aliphatic carbocycles. The summed E-state index contributed by atoms with van der Waals surface area (Å²) in [7, 11) is 0. The summed E-state index contributed by atoms with van der Waals surface area (Å²) < 4.78 is 10.6. The van der Waals surface area contributed by atoms with Gasteiger partial charge in [0.2, 0.25) is 5.91 Å². The second kappa shape index (κ2) is 7.87. The molecule has 24 heavy (non-hydrogen) atoms. The number of carbonyl (C=O) groups is 2. The number of carbonyl (C=O) groups excluding carboxylic acids is 2. The van der Waals surface area contributed by atoms with Crippen molar-refractivity contribution < 1.29 is 24.0 Å². The summed E-state index contributed by atoms with van der Waals surface area (Å²) in [4.78, 5) is 33.9. The number of anilines is 1. The van der Waals surface area contributed by atoms with Crippen LogP contribution in [0.15, 0.2) is 24.3 Å². The molecule has 0 aromatic heterocycles. The van der Waals surface area contributed by atoms with Crippen LogP contribution in [0.5, 0.6) is 0 Å². The summed E-state index contributed by atoms with van der Waals surface area (Å²) in [5.41, 5.74) is 0.386. The molecule has 2 rings (SSSR count). The lowest BCUT2D eigenvalue weighted by Crippen LogP contribution is -2.19. The number of non-ortho nitro benzene ring substituents is 1. The van der Waals surface area contributed by atoms with Gasteiger partial charge in [-0.3, -0.25) is 19.7 Å². The first-order valence-corrected chi connectivity index (χ1v) is 7.71. The van der Waals surface area contributed by atoms with Gasteiger partial charge in [-0.15, -0.1) is 0 Å². The second-order valence-corrected chi connectivity index (χ2v) is 5.93. The van der Waals surface area contributed by atoms with Crippen molar-refractivity contribution in [2.24, 2.45) is 5.92 Å². The topological polar surface area (TPSA) is 108 Å². The zero-order chi connectivity index (χ0) is 17.7. The van der Waals surface area contributed by atoms with E-state index in [2.05, 4.69) is 5.32 Å². The van der Waals surface area contributed by atoms with Gasteiger partial charge in [0, 0.05) is 30.7 Å². The van der Waals surface area contributed by atoms with Crippen LogP contribution < -0.4 is 5.32 Å². The Morgan fingerprint density at radius 2 is 2.08 bits per heavy atom. The van der Waals surface area contributed by atoms with Crippen LogP contribution in [-0.4, -0.2) is 35.6 Å². The molecule has 0 bridgehead atoms. The van der Waals surface area contributed by atoms with Crippen LogP contribution in [0.4, 0.5) is 11.4 Å². The Labute approximate surface area is 139 Å². The van der Waals surface area contributed by atoms with E-state index in [9.17, 15) is 19.7 Å². The molecule has 130 valence electrons. The van der Waals surface area contributed by atoms with Crippen LogP contribution in [0.2, 0.25) is 0 Å². The quantitative estimate of drug-likeness (QED) is 0.465. The molecule has 1 N–H and O–H groups in total. The highest BCUT2D eigenvalue weighted by atomic mass is 16.6. The third-order valence-electron chi connectivity index (χ3n) is 3.57. The number of benzene rings is 1. The van der Waals surface area contributed by atoms with Gasteiger partial charge >= 0.3 is 5.97 Å². The number of cyclic esters (lactones) is 1. The molecule has 1 aliphatic heterocycles. The predicted molar refractivity (Wildman–Crippen MR) is 85.4 cm³/mol. The van der Waals surface area contributed by atoms with Gasteiger partial charge in [0.1, 0.15) is 6.10 Å². The fourth-order valence-electron chi connectivity index (χ4n) is 2.39. The van der Waals surface area contributed by atoms with Crippen LogP contribution in [0, 0.1) is 16.0 Å². The summed E-state index contributed by atoms with van der Waals surface area (Å²) in [5.74, 6) is -1.23. The van der Waals surface area contributed by atoms with E-state index in [1.807, 2.05) is 13.8 Å². The maximum Gasteiger partial charge on any atom is 0.309 e. The average Bonchev–Trinajstić information content (AvgIpc) is 2.85. The standard InChI is InChI=1S/C16H20N2O6/c1-10(2)23-9-14-7-11(16(20)24-14)8-15(19)17-12-3-5-13(6-4-12)18(21)22/h3-6,10-11,14H,7-9H2,1-2H3,(H,17,19)/t11-,14-/m1/s1. The highest BCUT2D eigenvalue weighted by Crippen LogP contribution is 2.25. The van der Waals surface area contributed by atoms with E-state index < -0.39 is 16.8 Å². The third kappa shape index (κ3) is 5.02. The number of amides is 1. The maximum atomic E-state index is 12.0. The molecule has 1 aromatic carbocycles. The van der Waals surface area contributed by atoms with Gasteiger partial charge < -0.3 is 14.8 Å². The Morgan fingerprint density at radius 3 is 2.67 bits per heavy atom. The molecule has 1 aliphatic rings. The number of ether oxygens (including phenoxy) is 2. The van der Waals surface area contributed by atoms with Gasteiger partial charge in [0.05, 0.1) is 23.6 Å². The van der Waals surface area contributed by atoms with Crippen molar-refractivity contribution in [2.45, 2.75) is 38.9 Å². The van der Waals surface area contributed by atoms with Crippen LogP contribution in [-0.2, 0) is 19.1 Å². The molecular formula is C16H20N2O6. The minimum absolute atomic E-state index is 0.00794. The molecule has 1 fully saturated rings. The van der Waals surface area contributed by atoms with Crippen molar-refractivity contribution in [3.8, 4) is 0 Å². The Kier molecular flexibility index (Phi) is 5.86. The van der Waals surface area contributed by atoms with E-state index in [4.69, 9.17) is 9.47 Å². The number of nitro benzene ring substituents is 1. The summed E-state index contributed by atoms with van der Waals surface area (Å²) in [6.45, 7) is 4.11. The van der Waals surface area contributed by atoms with E-state index in [1.54, 1.807) is 0 Å². The van der Waals surface area contributed by atoms with Gasteiger partial charge in [0.25, 0.3) is 5.69 Å². The molecule has 0 spiro atoms. The lowest BCUT2D eigenvalue weighted by atomic mass is 10.0. The molecule has 1 amide bonds. The number of nitro groups is 1. The van der Waals surface area contributed by atoms with Crippen molar-refractivity contribution in [1.82, 2.24) is 0 Å². The van der Waals surface area contributed by atoms with Crippen molar-refractivity contribution in [2.75, 3.05) is 11.9 Å². The number of rotatable bonds is 7. The molecule has 2 atom stereocenters. The van der Waals surface area contributed by atoms with E-state index in [-0.39, 0.29) is 30.2 Å². The second-order valence-electron chi connectivity index (χ2n) is 5.93. The highest BCUT2D eigenvalue weighted by molar-refractivity contribution is 5.93. The number of hydrogen-bond donors (Lipinski definition) is 1. The number of nitrogens with one attached hydrogen (secondary N) is 1. The Balaban J connectivity index is 1.83. The molecule has 0 radical (unpaired) electrons. The first kappa shape index (κ1) is 17.9. The van der Waals surface area contributed by atoms with Crippen molar-refractivity contribution in [3.63, 3.8) is 0 Å². The predicted octanol–water partition coefficient (Wildman–Crippen LogP) is 2.28. The minimum atomic E-state index is -0.514. The highest BCUT2D eigenvalue weighted by Gasteiger charge is 2.36. The van der Waals surface area contributed by atoms with Gasteiger partial charge in [0.15, 0.2) is 0 Å². The number of esters is 1. The SMILES string of the molecule is CC(C)OC[C@H]1C[C@H](CC(=O)Nc2ccc([N+](=O)[O-])cc2)C(=O)O1. The molecule has 1 heterocycles. The monoisotopic (exact) mass is 336 g/mol. The zero-order valence-corrected chi connectivity index (χ0v) is 13.6. The van der Waals surface area contributed by atoms with Crippen LogP contribution >= 0.6 is 0 Å². The summed E-state index contributed by atoms with van der Waals surface area (Å²) in [6, 6.07) is 5.50. The van der Waals surface area contributed by atoms with Crippen LogP contribution in [0.1, 0.15) is 26.7 Å². The van der Waals surface area contributed by atoms with Gasteiger partial charge in [-0.25, -0.2) is 0 Å². The van der Waals surface area contributed by atoms with Gasteiger partial charge in [-0.1, -0.05) is 0 Å². The Hall–Kier alpha value is -2.48. The van der Waals surface area contributed by atoms with E-state index >= 15 is 0 Å². The number of nitrogens with zero attached hydrogens (tertiary/aromatic N) is 1. The average molecular weight is 336 g/mol. The van der Waals surface area contributed by atoms with E-state index in [1.165, 1.54) is 24.3 Å². The van der Waals surface area contributed by atoms with E-state index in [0.717, 1.165) is 0 Å². The number of hydrogen-bond acceptors (Lipinski definition) is 6. The smallest absolute Gasteiger partial charge is 0.309 e. The summed E-state index contributed by atoms with van der Waals surface area (Å²) in [5, 5.41) is 13.2. The lowest BCUT2D eigenvalue weighted by Gasteiger charge is -2.12. The van der Waals surface area contributed by atoms with E-state index in [0.29, 0.717) is 18.7 Å². The van der Waals surface area contributed by atoms with Gasteiger partial charge in [-0.05, 0) is 26.0 Å². The lowest BCUT2D eigenvalue weighted by molar-refractivity contribution is -0.384. The third-order valence-corrected chi connectivity index (χ3v) is 3.57. The molecule has 8 nitrogen and oxygen atoms in total. The molecule has 0 unspecified atom stereocenters. The first-order chi connectivity index (χ1) is 11.3. The summed E-state index contributed by atoms with van der Waals surface area (Å²) >= 11 is 0. The van der Waals surface area contributed by atoms with Crippen molar-refractivity contribution in [3.05, 3.63) is 34.4 Å². The zero-order valence-electron chi connectivity index (χ0n) is 13.6. The van der Waals surface area contributed by atoms with Gasteiger partial charge in [-0.2, -0.15) is 0 Å². The minimum Gasteiger partial charge on any atom is -0.460 e. The molecular weight excluding hydrogens is 316 g/mol. The van der Waals surface area contributed by atoms with Crippen LogP contribution in [0.25, 0.3) is 0 Å². The molecule has 8 heteroatoms. The van der Waals surface area contributed by atoms with Crippen molar-refractivity contribution in [1.29, 1.82) is 0 Å². The summed E-state index contributed by atoms with van der Waals surface area (Å²) in [6.07, 6.45) is 0.179. The Morgan fingerprint density at radius 1 is 1.42 bits per heavy atom. The largest absolute Gasteiger partial charge is 0.460 e. The fraction of sp³-hybridized carbons (Fsp3) is 0.500. The molecule has 1 saturated heterocycles.